The Labute approximate surface area is 126 Å². The highest BCUT2D eigenvalue weighted by Gasteiger charge is 2.33. The van der Waals surface area contributed by atoms with Crippen LogP contribution in [-0.2, 0) is 4.74 Å². The molecule has 7 heteroatoms. The minimum atomic E-state index is -0.313. The number of hydrogen-bond donors (Lipinski definition) is 0. The lowest BCUT2D eigenvalue weighted by Crippen LogP contribution is -2.43. The number of aromatic nitrogens is 2. The Morgan fingerprint density at radius 2 is 2.19 bits per heavy atom. The Kier molecular flexibility index (Phi) is 3.77. The molecule has 0 aliphatic carbocycles. The SMILES string of the molecule is Cc1nnc([C@@H]2COCCN2C(=O)c2cc(C)sc2C)o1. The molecule has 0 N–H and O–H groups in total. The molecule has 0 aromatic carbocycles. The maximum Gasteiger partial charge on any atom is 0.255 e. The summed E-state index contributed by atoms with van der Waals surface area (Å²) < 4.78 is 11.0. The molecule has 3 heterocycles. The van der Waals surface area contributed by atoms with Gasteiger partial charge in [-0.15, -0.1) is 21.5 Å². The molecule has 1 fully saturated rings. The highest BCUT2D eigenvalue weighted by molar-refractivity contribution is 7.12. The predicted molar refractivity (Wildman–Crippen MR) is 77.4 cm³/mol. The van der Waals surface area contributed by atoms with Crippen LogP contribution < -0.4 is 0 Å². The number of thiophene rings is 1. The fourth-order valence-corrected chi connectivity index (χ4v) is 3.41. The van der Waals surface area contributed by atoms with E-state index in [2.05, 4.69) is 10.2 Å². The first-order chi connectivity index (χ1) is 10.1. The zero-order valence-corrected chi connectivity index (χ0v) is 13.1. The number of nitrogens with zero attached hydrogens (tertiary/aromatic N) is 3. The van der Waals surface area contributed by atoms with Crippen molar-refractivity contribution in [1.29, 1.82) is 0 Å². The third-order valence-electron chi connectivity index (χ3n) is 3.49. The molecule has 0 unspecified atom stereocenters. The monoisotopic (exact) mass is 307 g/mol. The van der Waals surface area contributed by atoms with Crippen molar-refractivity contribution < 1.29 is 13.9 Å². The molecule has 1 aliphatic rings. The van der Waals surface area contributed by atoms with Gasteiger partial charge in [-0.2, -0.15) is 0 Å². The minimum absolute atomic E-state index is 0.000929. The summed E-state index contributed by atoms with van der Waals surface area (Å²) in [6.45, 7) is 7.15. The lowest BCUT2D eigenvalue weighted by Gasteiger charge is -2.33. The second-order valence-corrected chi connectivity index (χ2v) is 6.54. The Morgan fingerprint density at radius 1 is 1.38 bits per heavy atom. The van der Waals surface area contributed by atoms with E-state index in [4.69, 9.17) is 9.15 Å². The van der Waals surface area contributed by atoms with Gasteiger partial charge in [0, 0.05) is 23.2 Å². The number of amides is 1. The van der Waals surface area contributed by atoms with Gasteiger partial charge < -0.3 is 14.1 Å². The summed E-state index contributed by atoms with van der Waals surface area (Å²) in [6, 6.07) is 1.63. The van der Waals surface area contributed by atoms with E-state index in [0.717, 1.165) is 15.3 Å². The molecule has 0 radical (unpaired) electrons. The fourth-order valence-electron chi connectivity index (χ4n) is 2.50. The molecule has 2 aromatic rings. The van der Waals surface area contributed by atoms with Crippen molar-refractivity contribution >= 4 is 17.2 Å². The number of ether oxygens (including phenoxy) is 1. The van der Waals surface area contributed by atoms with E-state index in [1.807, 2.05) is 19.9 Å². The van der Waals surface area contributed by atoms with Crippen LogP contribution in [0.5, 0.6) is 0 Å². The van der Waals surface area contributed by atoms with Crippen molar-refractivity contribution in [1.82, 2.24) is 15.1 Å². The molecular weight excluding hydrogens is 290 g/mol. The fraction of sp³-hybridized carbons (Fsp3) is 0.500. The molecule has 0 saturated carbocycles. The molecule has 3 rings (SSSR count). The van der Waals surface area contributed by atoms with Crippen molar-refractivity contribution in [3.63, 3.8) is 0 Å². The molecular formula is C14H17N3O3S. The van der Waals surface area contributed by atoms with E-state index in [1.54, 1.807) is 23.2 Å². The second-order valence-electron chi connectivity index (χ2n) is 5.08. The number of hydrogen-bond acceptors (Lipinski definition) is 6. The van der Waals surface area contributed by atoms with Gasteiger partial charge in [-0.25, -0.2) is 0 Å². The molecule has 1 aliphatic heterocycles. The molecule has 6 nitrogen and oxygen atoms in total. The smallest absolute Gasteiger partial charge is 0.255 e. The van der Waals surface area contributed by atoms with Crippen LogP contribution in [0.25, 0.3) is 0 Å². The van der Waals surface area contributed by atoms with E-state index >= 15 is 0 Å². The molecule has 112 valence electrons. The van der Waals surface area contributed by atoms with Crippen molar-refractivity contribution in [2.24, 2.45) is 0 Å². The molecule has 21 heavy (non-hydrogen) atoms. The average Bonchev–Trinajstić information content (AvgIpc) is 3.04. The molecule has 1 amide bonds. The van der Waals surface area contributed by atoms with Gasteiger partial charge in [0.05, 0.1) is 18.8 Å². The lowest BCUT2D eigenvalue weighted by atomic mass is 10.1. The zero-order chi connectivity index (χ0) is 15.0. The largest absolute Gasteiger partial charge is 0.423 e. The van der Waals surface area contributed by atoms with Gasteiger partial charge in [-0.1, -0.05) is 0 Å². The molecule has 1 atom stereocenters. The summed E-state index contributed by atoms with van der Waals surface area (Å²) in [5.41, 5.74) is 0.751. The molecule has 2 aromatic heterocycles. The Bertz CT molecular complexity index is 664. The van der Waals surface area contributed by atoms with Crippen LogP contribution in [0.15, 0.2) is 10.5 Å². The van der Waals surface area contributed by atoms with Crippen LogP contribution in [0.1, 0.15) is 37.9 Å². The first kappa shape index (κ1) is 14.2. The summed E-state index contributed by atoms with van der Waals surface area (Å²) in [6.07, 6.45) is 0. The van der Waals surface area contributed by atoms with Gasteiger partial charge in [0.15, 0.2) is 0 Å². The van der Waals surface area contributed by atoms with Gasteiger partial charge in [0.25, 0.3) is 5.91 Å². The highest BCUT2D eigenvalue weighted by Crippen LogP contribution is 2.28. The van der Waals surface area contributed by atoms with Crippen LogP contribution in [0, 0.1) is 20.8 Å². The predicted octanol–water partition coefficient (Wildman–Crippen LogP) is 2.27. The first-order valence-corrected chi connectivity index (χ1v) is 7.63. The number of carbonyl (C=O) groups excluding carboxylic acids is 1. The van der Waals surface area contributed by atoms with Gasteiger partial charge >= 0.3 is 0 Å². The third kappa shape index (κ3) is 2.71. The first-order valence-electron chi connectivity index (χ1n) is 6.82. The normalized spacial score (nSPS) is 19.0. The van der Waals surface area contributed by atoms with E-state index in [0.29, 0.717) is 31.5 Å². The Balaban J connectivity index is 1.90. The van der Waals surface area contributed by atoms with Crippen molar-refractivity contribution in [3.8, 4) is 0 Å². The van der Waals surface area contributed by atoms with Gasteiger partial charge in [-0.3, -0.25) is 4.79 Å². The minimum Gasteiger partial charge on any atom is -0.423 e. The summed E-state index contributed by atoms with van der Waals surface area (Å²) in [5.74, 6) is 0.927. The maximum absolute atomic E-state index is 12.8. The Hall–Kier alpha value is -1.73. The number of aryl methyl sites for hydroxylation is 3. The van der Waals surface area contributed by atoms with Gasteiger partial charge in [-0.05, 0) is 19.9 Å². The van der Waals surface area contributed by atoms with E-state index in [-0.39, 0.29) is 11.9 Å². The number of carbonyl (C=O) groups is 1. The average molecular weight is 307 g/mol. The molecule has 0 spiro atoms. The lowest BCUT2D eigenvalue weighted by molar-refractivity contribution is -0.0106. The summed E-state index contributed by atoms with van der Waals surface area (Å²) in [7, 11) is 0. The van der Waals surface area contributed by atoms with E-state index < -0.39 is 0 Å². The van der Waals surface area contributed by atoms with Crippen LogP contribution in [0.3, 0.4) is 0 Å². The summed E-state index contributed by atoms with van der Waals surface area (Å²) >= 11 is 1.63. The van der Waals surface area contributed by atoms with Crippen molar-refractivity contribution in [3.05, 3.63) is 33.2 Å². The Morgan fingerprint density at radius 3 is 2.81 bits per heavy atom. The third-order valence-corrected chi connectivity index (χ3v) is 4.45. The summed E-state index contributed by atoms with van der Waals surface area (Å²) in [5, 5.41) is 7.88. The highest BCUT2D eigenvalue weighted by atomic mass is 32.1. The summed E-state index contributed by atoms with van der Waals surface area (Å²) in [4.78, 5) is 16.7. The second kappa shape index (κ2) is 5.57. The quantitative estimate of drug-likeness (QED) is 0.851. The topological polar surface area (TPSA) is 68.5 Å². The number of rotatable bonds is 2. The zero-order valence-electron chi connectivity index (χ0n) is 12.3. The standard InChI is InChI=1S/C14H17N3O3S/c1-8-6-11(9(2)21-8)14(18)17-4-5-19-7-12(17)13-16-15-10(3)20-13/h6,12H,4-5,7H2,1-3H3/t12-/m0/s1. The van der Waals surface area contributed by atoms with Gasteiger partial charge in [0.1, 0.15) is 6.04 Å². The number of morpholine rings is 1. The van der Waals surface area contributed by atoms with Crippen molar-refractivity contribution in [2.75, 3.05) is 19.8 Å². The van der Waals surface area contributed by atoms with Crippen LogP contribution in [0.2, 0.25) is 0 Å². The van der Waals surface area contributed by atoms with Crippen LogP contribution in [-0.4, -0.2) is 40.8 Å². The maximum atomic E-state index is 12.8. The van der Waals surface area contributed by atoms with Crippen LogP contribution >= 0.6 is 11.3 Å². The van der Waals surface area contributed by atoms with Crippen LogP contribution in [0.4, 0.5) is 0 Å². The van der Waals surface area contributed by atoms with E-state index in [1.165, 1.54) is 0 Å². The van der Waals surface area contributed by atoms with Crippen molar-refractivity contribution in [2.45, 2.75) is 26.8 Å². The van der Waals surface area contributed by atoms with E-state index in [9.17, 15) is 4.79 Å². The molecule has 1 saturated heterocycles. The molecule has 0 bridgehead atoms. The van der Waals surface area contributed by atoms with Gasteiger partial charge in [0.2, 0.25) is 11.8 Å².